The molecule has 0 unspecified atom stereocenters. The number of carbonyl (C=O) groups is 2. The van der Waals surface area contributed by atoms with Gasteiger partial charge in [-0.3, -0.25) is 9.78 Å². The molecule has 1 saturated carbocycles. The van der Waals surface area contributed by atoms with Gasteiger partial charge in [-0.1, -0.05) is 12.1 Å². The van der Waals surface area contributed by atoms with Crippen LogP contribution in [-0.4, -0.2) is 40.7 Å². The molecule has 4 rings (SSSR count). The highest BCUT2D eigenvalue weighted by Crippen LogP contribution is 2.34. The molecule has 36 heavy (non-hydrogen) atoms. The Bertz CT molecular complexity index is 1160. The molecule has 2 aromatic rings. The number of carbonyl (C=O) groups excluding carboxylic acids is 1. The van der Waals surface area contributed by atoms with E-state index >= 15 is 0 Å². The van der Waals surface area contributed by atoms with Crippen molar-refractivity contribution in [2.45, 2.75) is 83.8 Å². The van der Waals surface area contributed by atoms with Crippen LogP contribution in [0.25, 0.3) is 0 Å². The van der Waals surface area contributed by atoms with Crippen molar-refractivity contribution in [2.75, 3.05) is 6.61 Å². The minimum Gasteiger partial charge on any atom is -0.480 e. The van der Waals surface area contributed by atoms with Crippen LogP contribution in [0.15, 0.2) is 24.3 Å². The molecule has 2 N–H and O–H groups in total. The maximum Gasteiger partial charge on any atom is 0.326 e. The second-order valence-corrected chi connectivity index (χ2v) is 10.2. The van der Waals surface area contributed by atoms with Crippen LogP contribution >= 0.6 is 0 Å². The highest BCUT2D eigenvalue weighted by atomic mass is 16.5. The molecule has 0 spiro atoms. The summed E-state index contributed by atoms with van der Waals surface area (Å²) in [5.74, 6) is -0.960. The zero-order valence-electron chi connectivity index (χ0n) is 21.2. The summed E-state index contributed by atoms with van der Waals surface area (Å²) < 4.78 is 5.91. The van der Waals surface area contributed by atoms with Gasteiger partial charge >= 0.3 is 5.97 Å². The molecule has 7 heteroatoms. The van der Waals surface area contributed by atoms with Crippen LogP contribution in [0.4, 0.5) is 0 Å². The summed E-state index contributed by atoms with van der Waals surface area (Å²) in [6.07, 6.45) is 9.16. The topological polar surface area (TPSA) is 112 Å². The molecule has 7 nitrogen and oxygen atoms in total. The number of nitriles is 1. The number of pyridine rings is 1. The van der Waals surface area contributed by atoms with Crippen molar-refractivity contribution in [3.63, 3.8) is 0 Å². The highest BCUT2D eigenvalue weighted by Gasteiger charge is 2.30. The van der Waals surface area contributed by atoms with Gasteiger partial charge in [0.25, 0.3) is 5.91 Å². The van der Waals surface area contributed by atoms with E-state index in [1.54, 1.807) is 26.0 Å². The first-order valence-electron chi connectivity index (χ1n) is 13.0. The van der Waals surface area contributed by atoms with Crippen molar-refractivity contribution in [3.8, 4) is 6.07 Å². The van der Waals surface area contributed by atoms with Gasteiger partial charge < -0.3 is 15.2 Å². The van der Waals surface area contributed by atoms with E-state index in [2.05, 4.69) is 23.5 Å². The van der Waals surface area contributed by atoms with E-state index in [-0.39, 0.29) is 19.1 Å². The summed E-state index contributed by atoms with van der Waals surface area (Å²) in [6.45, 7) is 3.75. The van der Waals surface area contributed by atoms with Gasteiger partial charge in [-0.05, 0) is 100.0 Å². The SMILES string of the molecule is Cc1ccc(C#N)c(C)c1C(=O)N[C@@H](CCOC1CC(CCc2ccc3c(n2)CCCC3)C1)C(=O)O. The number of hydrogen-bond donors (Lipinski definition) is 2. The van der Waals surface area contributed by atoms with Crippen LogP contribution in [-0.2, 0) is 28.8 Å². The Kier molecular flexibility index (Phi) is 8.37. The quantitative estimate of drug-likeness (QED) is 0.510. The standard InChI is InChI=1S/C29H35N3O4/c1-18-7-9-22(17-30)19(2)27(18)28(33)32-26(29(34)35)13-14-36-24-15-20(16-24)8-11-23-12-10-21-5-3-4-6-25(21)31-23/h7,9-10,12,20,24,26H,3-6,8,11,13-16H2,1-2H3,(H,32,33)(H,34,35)/t20?,24?,26-/m0/s1. The second-order valence-electron chi connectivity index (χ2n) is 10.2. The number of fused-ring (bicyclic) bond motifs is 1. The lowest BCUT2D eigenvalue weighted by Crippen LogP contribution is -2.42. The molecule has 1 atom stereocenters. The molecule has 0 aliphatic heterocycles. The fourth-order valence-corrected chi connectivity index (χ4v) is 5.32. The van der Waals surface area contributed by atoms with Gasteiger partial charge in [0.2, 0.25) is 0 Å². The molecule has 1 aromatic heterocycles. The number of benzene rings is 1. The largest absolute Gasteiger partial charge is 0.480 e. The Morgan fingerprint density at radius 1 is 1.19 bits per heavy atom. The number of aryl methyl sites for hydroxylation is 4. The number of aromatic nitrogens is 1. The number of carboxylic acid groups (broad SMARTS) is 1. The molecule has 2 aliphatic rings. The van der Waals surface area contributed by atoms with E-state index < -0.39 is 17.9 Å². The smallest absolute Gasteiger partial charge is 0.326 e. The first kappa shape index (κ1) is 25.8. The summed E-state index contributed by atoms with van der Waals surface area (Å²) in [5.41, 5.74) is 5.91. The third kappa shape index (κ3) is 6.11. The van der Waals surface area contributed by atoms with Crippen molar-refractivity contribution in [2.24, 2.45) is 5.92 Å². The van der Waals surface area contributed by atoms with Crippen molar-refractivity contribution in [1.82, 2.24) is 10.3 Å². The minimum absolute atomic E-state index is 0.147. The average molecular weight is 490 g/mol. The van der Waals surface area contributed by atoms with E-state index in [4.69, 9.17) is 9.72 Å². The fraction of sp³-hybridized carbons (Fsp3) is 0.517. The number of aliphatic carboxylic acids is 1. The maximum atomic E-state index is 12.8. The van der Waals surface area contributed by atoms with Gasteiger partial charge in [-0.15, -0.1) is 0 Å². The van der Waals surface area contributed by atoms with E-state index in [1.807, 2.05) is 0 Å². The molecule has 0 bridgehead atoms. The van der Waals surface area contributed by atoms with Crippen LogP contribution in [0.3, 0.4) is 0 Å². The maximum absolute atomic E-state index is 12.8. The molecular weight excluding hydrogens is 454 g/mol. The van der Waals surface area contributed by atoms with Crippen molar-refractivity contribution in [3.05, 3.63) is 63.5 Å². The van der Waals surface area contributed by atoms with Gasteiger partial charge in [-0.2, -0.15) is 5.26 Å². The Morgan fingerprint density at radius 3 is 2.72 bits per heavy atom. The van der Waals surface area contributed by atoms with Crippen molar-refractivity contribution >= 4 is 11.9 Å². The molecule has 0 radical (unpaired) electrons. The Balaban J connectivity index is 1.19. The summed E-state index contributed by atoms with van der Waals surface area (Å²) in [4.78, 5) is 29.4. The lowest BCUT2D eigenvalue weighted by molar-refractivity contribution is -0.140. The molecule has 1 fully saturated rings. The molecule has 1 amide bonds. The average Bonchev–Trinajstić information content (AvgIpc) is 2.84. The van der Waals surface area contributed by atoms with Crippen LogP contribution < -0.4 is 5.32 Å². The monoisotopic (exact) mass is 489 g/mol. The molecule has 190 valence electrons. The van der Waals surface area contributed by atoms with E-state index in [9.17, 15) is 20.0 Å². The summed E-state index contributed by atoms with van der Waals surface area (Å²) >= 11 is 0. The summed E-state index contributed by atoms with van der Waals surface area (Å²) in [6, 6.07) is 8.82. The number of nitrogens with one attached hydrogen (secondary N) is 1. The number of ether oxygens (including phenoxy) is 1. The molecule has 0 saturated heterocycles. The molecular formula is C29H35N3O4. The fourth-order valence-electron chi connectivity index (χ4n) is 5.32. The van der Waals surface area contributed by atoms with Gasteiger partial charge in [-0.25, -0.2) is 4.79 Å². The number of carboxylic acids is 1. The van der Waals surface area contributed by atoms with Crippen LogP contribution in [0.5, 0.6) is 0 Å². The summed E-state index contributed by atoms with van der Waals surface area (Å²) in [7, 11) is 0. The van der Waals surface area contributed by atoms with E-state index in [0.29, 0.717) is 28.2 Å². The van der Waals surface area contributed by atoms with Crippen LogP contribution in [0.1, 0.15) is 82.5 Å². The number of hydrogen-bond acceptors (Lipinski definition) is 5. The number of nitrogens with zero attached hydrogens (tertiary/aromatic N) is 2. The zero-order valence-corrected chi connectivity index (χ0v) is 21.2. The summed E-state index contributed by atoms with van der Waals surface area (Å²) in [5, 5.41) is 21.5. The third-order valence-corrected chi connectivity index (χ3v) is 7.62. The lowest BCUT2D eigenvalue weighted by atomic mass is 9.79. The van der Waals surface area contributed by atoms with Crippen molar-refractivity contribution in [1.29, 1.82) is 5.26 Å². The number of amides is 1. The lowest BCUT2D eigenvalue weighted by Gasteiger charge is -2.35. The van der Waals surface area contributed by atoms with Gasteiger partial charge in [0, 0.05) is 30.0 Å². The normalized spacial score (nSPS) is 19.5. The zero-order chi connectivity index (χ0) is 25.7. The number of rotatable bonds is 10. The molecule has 1 heterocycles. The van der Waals surface area contributed by atoms with E-state index in [0.717, 1.165) is 38.5 Å². The predicted octanol–water partition coefficient (Wildman–Crippen LogP) is 4.45. The van der Waals surface area contributed by atoms with Crippen LogP contribution in [0, 0.1) is 31.1 Å². The molecule has 1 aromatic carbocycles. The Morgan fingerprint density at radius 2 is 1.97 bits per heavy atom. The van der Waals surface area contributed by atoms with Crippen LogP contribution in [0.2, 0.25) is 0 Å². The third-order valence-electron chi connectivity index (χ3n) is 7.62. The molecule has 2 aliphatic carbocycles. The van der Waals surface area contributed by atoms with Gasteiger partial charge in [0.1, 0.15) is 6.04 Å². The highest BCUT2D eigenvalue weighted by molar-refractivity contribution is 5.99. The predicted molar refractivity (Wildman–Crippen MR) is 136 cm³/mol. The first-order valence-corrected chi connectivity index (χ1v) is 13.0. The second kappa shape index (κ2) is 11.7. The Hall–Kier alpha value is -3.24. The van der Waals surface area contributed by atoms with Gasteiger partial charge in [0.05, 0.1) is 17.7 Å². The first-order chi connectivity index (χ1) is 17.4. The van der Waals surface area contributed by atoms with E-state index in [1.165, 1.54) is 29.8 Å². The Labute approximate surface area is 212 Å². The van der Waals surface area contributed by atoms with Gasteiger partial charge in [0.15, 0.2) is 0 Å². The van der Waals surface area contributed by atoms with Crippen molar-refractivity contribution < 1.29 is 19.4 Å². The minimum atomic E-state index is -1.09.